The van der Waals surface area contributed by atoms with Crippen molar-refractivity contribution >= 4 is 17.9 Å². The van der Waals surface area contributed by atoms with Gasteiger partial charge in [-0.15, -0.1) is 0 Å². The Morgan fingerprint density at radius 3 is 2.48 bits per heavy atom. The van der Waals surface area contributed by atoms with E-state index in [1.807, 2.05) is 23.1 Å². The SMILES string of the molecule is CC(=O)N1CCN(C(=O)C[C@@H]2COCCN2C/C=C/c2ccccc2)CC1. The molecule has 0 aromatic heterocycles. The third-order valence-corrected chi connectivity index (χ3v) is 5.29. The van der Waals surface area contributed by atoms with Crippen molar-refractivity contribution < 1.29 is 14.3 Å². The monoisotopic (exact) mass is 371 g/mol. The molecular formula is C21H29N3O3. The Hall–Kier alpha value is -2.18. The van der Waals surface area contributed by atoms with Crippen LogP contribution in [0.1, 0.15) is 18.9 Å². The maximum Gasteiger partial charge on any atom is 0.224 e. The number of ether oxygens (including phenoxy) is 1. The maximum atomic E-state index is 12.7. The van der Waals surface area contributed by atoms with Gasteiger partial charge < -0.3 is 14.5 Å². The van der Waals surface area contributed by atoms with E-state index in [2.05, 4.69) is 29.2 Å². The van der Waals surface area contributed by atoms with Gasteiger partial charge in [0, 0.05) is 58.7 Å². The quantitative estimate of drug-likeness (QED) is 0.787. The van der Waals surface area contributed by atoms with E-state index in [9.17, 15) is 9.59 Å². The molecule has 2 saturated heterocycles. The van der Waals surface area contributed by atoms with Gasteiger partial charge in [0.25, 0.3) is 0 Å². The maximum absolute atomic E-state index is 12.7. The van der Waals surface area contributed by atoms with Crippen molar-refractivity contribution in [3.8, 4) is 0 Å². The molecular weight excluding hydrogens is 342 g/mol. The number of carbonyl (C=O) groups is 2. The Balaban J connectivity index is 1.50. The molecule has 1 atom stereocenters. The van der Waals surface area contributed by atoms with Gasteiger partial charge in [-0.2, -0.15) is 0 Å². The highest BCUT2D eigenvalue weighted by molar-refractivity contribution is 5.78. The molecule has 27 heavy (non-hydrogen) atoms. The van der Waals surface area contributed by atoms with E-state index in [-0.39, 0.29) is 17.9 Å². The average Bonchev–Trinajstić information content (AvgIpc) is 2.70. The topological polar surface area (TPSA) is 53.1 Å². The van der Waals surface area contributed by atoms with Gasteiger partial charge in [-0.1, -0.05) is 42.5 Å². The van der Waals surface area contributed by atoms with Crippen molar-refractivity contribution in [1.29, 1.82) is 0 Å². The number of carbonyl (C=O) groups excluding carboxylic acids is 2. The van der Waals surface area contributed by atoms with Crippen LogP contribution < -0.4 is 0 Å². The number of morpholine rings is 1. The lowest BCUT2D eigenvalue weighted by molar-refractivity contribution is -0.140. The predicted molar refractivity (Wildman–Crippen MR) is 105 cm³/mol. The van der Waals surface area contributed by atoms with Crippen molar-refractivity contribution in [3.05, 3.63) is 42.0 Å². The predicted octanol–water partition coefficient (Wildman–Crippen LogP) is 1.48. The first-order valence-corrected chi connectivity index (χ1v) is 9.70. The molecule has 0 unspecified atom stereocenters. The fourth-order valence-corrected chi connectivity index (χ4v) is 3.61. The standard InChI is InChI=1S/C21H29N3O3/c1-18(25)22-10-12-24(13-11-22)21(26)16-20-17-27-15-14-23(20)9-5-8-19-6-3-2-4-7-19/h2-8,20H,9-17H2,1H3/b8-5+/t20-/m1/s1. The molecule has 2 aliphatic rings. The van der Waals surface area contributed by atoms with Gasteiger partial charge in [0.15, 0.2) is 0 Å². The molecule has 0 saturated carbocycles. The molecule has 0 bridgehead atoms. The van der Waals surface area contributed by atoms with Gasteiger partial charge in [0.2, 0.25) is 11.8 Å². The van der Waals surface area contributed by atoms with Gasteiger partial charge in [-0.05, 0) is 5.56 Å². The van der Waals surface area contributed by atoms with Gasteiger partial charge in [0.05, 0.1) is 13.2 Å². The highest BCUT2D eigenvalue weighted by Crippen LogP contribution is 2.14. The summed E-state index contributed by atoms with van der Waals surface area (Å²) in [6.45, 7) is 7.05. The van der Waals surface area contributed by atoms with Crippen molar-refractivity contribution in [3.63, 3.8) is 0 Å². The Morgan fingerprint density at radius 1 is 1.07 bits per heavy atom. The molecule has 2 fully saturated rings. The van der Waals surface area contributed by atoms with Crippen LogP contribution >= 0.6 is 0 Å². The number of benzene rings is 1. The van der Waals surface area contributed by atoms with Crippen LogP contribution in [-0.4, -0.2) is 85.0 Å². The molecule has 2 heterocycles. The molecule has 1 aromatic rings. The molecule has 2 amide bonds. The average molecular weight is 371 g/mol. The molecule has 0 aliphatic carbocycles. The zero-order valence-electron chi connectivity index (χ0n) is 16.0. The van der Waals surface area contributed by atoms with Crippen LogP contribution in [-0.2, 0) is 14.3 Å². The number of hydrogen-bond acceptors (Lipinski definition) is 4. The molecule has 0 N–H and O–H groups in total. The minimum absolute atomic E-state index is 0.0826. The Labute approximate surface area is 161 Å². The van der Waals surface area contributed by atoms with Gasteiger partial charge >= 0.3 is 0 Å². The summed E-state index contributed by atoms with van der Waals surface area (Å²) >= 11 is 0. The summed E-state index contributed by atoms with van der Waals surface area (Å²) in [5, 5.41) is 0. The van der Waals surface area contributed by atoms with E-state index in [0.717, 1.165) is 13.1 Å². The second kappa shape index (κ2) is 9.67. The van der Waals surface area contributed by atoms with Crippen molar-refractivity contribution in [2.75, 3.05) is 52.5 Å². The third-order valence-electron chi connectivity index (χ3n) is 5.29. The van der Waals surface area contributed by atoms with E-state index in [0.29, 0.717) is 45.8 Å². The lowest BCUT2D eigenvalue weighted by Gasteiger charge is -2.38. The Morgan fingerprint density at radius 2 is 1.78 bits per heavy atom. The molecule has 1 aromatic carbocycles. The van der Waals surface area contributed by atoms with E-state index < -0.39 is 0 Å². The highest BCUT2D eigenvalue weighted by Gasteiger charge is 2.28. The number of hydrogen-bond donors (Lipinski definition) is 0. The summed E-state index contributed by atoms with van der Waals surface area (Å²) in [6, 6.07) is 10.3. The zero-order chi connectivity index (χ0) is 19.1. The van der Waals surface area contributed by atoms with Gasteiger partial charge in [0.1, 0.15) is 0 Å². The fourth-order valence-electron chi connectivity index (χ4n) is 3.61. The molecule has 6 nitrogen and oxygen atoms in total. The largest absolute Gasteiger partial charge is 0.378 e. The molecule has 146 valence electrons. The first kappa shape index (κ1) is 19.6. The first-order valence-electron chi connectivity index (χ1n) is 9.70. The molecule has 3 rings (SSSR count). The minimum Gasteiger partial charge on any atom is -0.378 e. The first-order chi connectivity index (χ1) is 13.1. The summed E-state index contributed by atoms with van der Waals surface area (Å²) in [5.41, 5.74) is 1.18. The van der Waals surface area contributed by atoms with Crippen LogP contribution in [0.4, 0.5) is 0 Å². The number of amides is 2. The number of nitrogens with zero attached hydrogens (tertiary/aromatic N) is 3. The van der Waals surface area contributed by atoms with Crippen molar-refractivity contribution in [2.24, 2.45) is 0 Å². The summed E-state index contributed by atoms with van der Waals surface area (Å²) in [7, 11) is 0. The third kappa shape index (κ3) is 5.65. The van der Waals surface area contributed by atoms with Crippen LogP contribution in [0.3, 0.4) is 0 Å². The van der Waals surface area contributed by atoms with Crippen LogP contribution in [0.15, 0.2) is 36.4 Å². The summed E-state index contributed by atoms with van der Waals surface area (Å²) < 4.78 is 5.62. The molecule has 0 spiro atoms. The van der Waals surface area contributed by atoms with Crippen molar-refractivity contribution in [2.45, 2.75) is 19.4 Å². The van der Waals surface area contributed by atoms with Crippen LogP contribution in [0.25, 0.3) is 6.08 Å². The number of rotatable bonds is 5. The molecule has 6 heteroatoms. The van der Waals surface area contributed by atoms with E-state index in [1.165, 1.54) is 5.56 Å². The van der Waals surface area contributed by atoms with Crippen molar-refractivity contribution in [1.82, 2.24) is 14.7 Å². The lowest BCUT2D eigenvalue weighted by atomic mass is 10.1. The minimum atomic E-state index is 0.0826. The second-order valence-electron chi connectivity index (χ2n) is 7.13. The van der Waals surface area contributed by atoms with Crippen LogP contribution in [0, 0.1) is 0 Å². The normalized spacial score (nSPS) is 21.6. The zero-order valence-corrected chi connectivity index (χ0v) is 16.0. The van der Waals surface area contributed by atoms with E-state index in [4.69, 9.17) is 4.74 Å². The molecule has 0 radical (unpaired) electrons. The molecule has 2 aliphatic heterocycles. The smallest absolute Gasteiger partial charge is 0.224 e. The Kier molecular flexibility index (Phi) is 7.01. The summed E-state index contributed by atoms with van der Waals surface area (Å²) in [6.07, 6.45) is 4.75. The number of piperazine rings is 1. The van der Waals surface area contributed by atoms with E-state index >= 15 is 0 Å². The lowest BCUT2D eigenvalue weighted by Crippen LogP contribution is -2.52. The van der Waals surface area contributed by atoms with Gasteiger partial charge in [-0.3, -0.25) is 14.5 Å². The van der Waals surface area contributed by atoms with Crippen LogP contribution in [0.5, 0.6) is 0 Å². The summed E-state index contributed by atoms with van der Waals surface area (Å²) in [5.74, 6) is 0.241. The fraction of sp³-hybridized carbons (Fsp3) is 0.524. The van der Waals surface area contributed by atoms with Gasteiger partial charge in [-0.25, -0.2) is 0 Å². The highest BCUT2D eigenvalue weighted by atomic mass is 16.5. The summed E-state index contributed by atoms with van der Waals surface area (Å²) in [4.78, 5) is 30.1. The van der Waals surface area contributed by atoms with E-state index in [1.54, 1.807) is 11.8 Å². The Bertz CT molecular complexity index is 654. The van der Waals surface area contributed by atoms with Crippen LogP contribution in [0.2, 0.25) is 0 Å². The second-order valence-corrected chi connectivity index (χ2v) is 7.13.